The molecule has 2 heterocycles. The molecule has 0 atom stereocenters. The van der Waals surface area contributed by atoms with Gasteiger partial charge in [-0.25, -0.2) is 0 Å². The van der Waals surface area contributed by atoms with E-state index in [1.807, 2.05) is 24.3 Å². The molecular weight excluding hydrogens is 288 g/mol. The molecule has 0 spiro atoms. The molecule has 0 bridgehead atoms. The number of carboxylic acids is 1. The Morgan fingerprint density at radius 1 is 1.27 bits per heavy atom. The summed E-state index contributed by atoms with van der Waals surface area (Å²) in [5, 5.41) is 24.0. The number of fused-ring (bicyclic) bond motifs is 3. The highest BCUT2D eigenvalue weighted by Gasteiger charge is 2.14. The highest BCUT2D eigenvalue weighted by atomic mass is 16.4. The highest BCUT2D eigenvalue weighted by molar-refractivity contribution is 5.80. The van der Waals surface area contributed by atoms with Gasteiger partial charge in [-0.05, 0) is 18.6 Å². The number of para-hydroxylation sites is 2. The monoisotopic (exact) mass is 301 g/mol. The number of imidazole rings is 1. The number of aryl methyl sites for hydroxylation is 1. The Labute approximate surface area is 124 Å². The average Bonchev–Trinajstić information content (AvgIpc) is 2.79. The zero-order valence-corrected chi connectivity index (χ0v) is 11.6. The molecule has 0 aliphatic carbocycles. The molecular formula is C14H13N4O4-. The summed E-state index contributed by atoms with van der Waals surface area (Å²) in [7, 11) is 0. The van der Waals surface area contributed by atoms with E-state index in [-0.39, 0.29) is 31.7 Å². The Hall–Kier alpha value is -2.74. The molecule has 0 aliphatic rings. The predicted molar refractivity (Wildman–Crippen MR) is 75.2 cm³/mol. The quantitative estimate of drug-likeness (QED) is 0.628. The van der Waals surface area contributed by atoms with E-state index in [0.717, 1.165) is 11.0 Å². The van der Waals surface area contributed by atoms with Gasteiger partial charge in [0.2, 0.25) is 5.78 Å². The number of benzene rings is 1. The van der Waals surface area contributed by atoms with E-state index < -0.39 is 11.5 Å². The van der Waals surface area contributed by atoms with Crippen molar-refractivity contribution in [1.29, 1.82) is 0 Å². The summed E-state index contributed by atoms with van der Waals surface area (Å²) >= 11 is 0. The van der Waals surface area contributed by atoms with Gasteiger partial charge in [0.05, 0.1) is 17.6 Å². The first-order valence-electron chi connectivity index (χ1n) is 6.79. The van der Waals surface area contributed by atoms with Crippen LogP contribution in [0.1, 0.15) is 12.1 Å². The molecule has 1 aromatic carbocycles. The van der Waals surface area contributed by atoms with E-state index in [4.69, 9.17) is 0 Å². The number of aliphatic hydroxyl groups excluding tert-OH is 1. The lowest BCUT2D eigenvalue weighted by Crippen LogP contribution is -2.25. The molecule has 1 N–H and O–H groups in total. The molecule has 0 amide bonds. The van der Waals surface area contributed by atoms with E-state index in [0.29, 0.717) is 5.78 Å². The number of carbonyl (C=O) groups excluding carboxylic acids is 1. The number of nitrogens with zero attached hydrogens (tertiary/aromatic N) is 4. The summed E-state index contributed by atoms with van der Waals surface area (Å²) in [6, 6.07) is 7.32. The lowest BCUT2D eigenvalue weighted by Gasteiger charge is -2.03. The average molecular weight is 301 g/mol. The molecule has 22 heavy (non-hydrogen) atoms. The van der Waals surface area contributed by atoms with Gasteiger partial charge in [-0.2, -0.15) is 14.6 Å². The van der Waals surface area contributed by atoms with Crippen LogP contribution in [0.3, 0.4) is 0 Å². The minimum absolute atomic E-state index is 0.0311. The topological polar surface area (TPSA) is 113 Å². The van der Waals surface area contributed by atoms with Gasteiger partial charge >= 0.3 is 0 Å². The number of carbonyl (C=O) groups is 1. The van der Waals surface area contributed by atoms with E-state index in [1.54, 1.807) is 4.57 Å². The number of aliphatic hydroxyl groups is 1. The van der Waals surface area contributed by atoms with Crippen molar-refractivity contribution < 1.29 is 15.0 Å². The molecule has 114 valence electrons. The van der Waals surface area contributed by atoms with Gasteiger partial charge in [0.1, 0.15) is 5.69 Å². The van der Waals surface area contributed by atoms with Crippen LogP contribution >= 0.6 is 0 Å². The standard InChI is InChI=1S/C14H14N4O4/c19-8-7-17-10-3-1-2-4-11(10)18-14(17)15-13(22)9(16-18)5-6-12(20)21/h1-4,19H,5-8H2,(H,20,21)/p-1. The molecule has 8 heteroatoms. The molecule has 0 radical (unpaired) electrons. The van der Waals surface area contributed by atoms with E-state index in [1.165, 1.54) is 4.52 Å². The molecule has 0 unspecified atom stereocenters. The number of hydrogen-bond acceptors (Lipinski definition) is 6. The van der Waals surface area contributed by atoms with Crippen LogP contribution in [0.25, 0.3) is 16.8 Å². The Morgan fingerprint density at radius 2 is 2.00 bits per heavy atom. The Morgan fingerprint density at radius 3 is 2.68 bits per heavy atom. The van der Waals surface area contributed by atoms with Gasteiger partial charge < -0.3 is 19.6 Å². The van der Waals surface area contributed by atoms with Crippen LogP contribution in [0.5, 0.6) is 0 Å². The van der Waals surface area contributed by atoms with Gasteiger partial charge in [-0.1, -0.05) is 12.1 Å². The number of aromatic nitrogens is 4. The van der Waals surface area contributed by atoms with Crippen molar-refractivity contribution in [3.63, 3.8) is 0 Å². The summed E-state index contributed by atoms with van der Waals surface area (Å²) in [4.78, 5) is 26.5. The summed E-state index contributed by atoms with van der Waals surface area (Å²) in [5.74, 6) is -0.925. The third kappa shape index (κ3) is 2.33. The third-order valence-corrected chi connectivity index (χ3v) is 3.39. The van der Waals surface area contributed by atoms with Crippen LogP contribution in [-0.4, -0.2) is 36.8 Å². The summed E-state index contributed by atoms with van der Waals surface area (Å²) < 4.78 is 3.20. The lowest BCUT2D eigenvalue weighted by atomic mass is 10.2. The zero-order chi connectivity index (χ0) is 15.7. The van der Waals surface area contributed by atoms with Crippen LogP contribution < -0.4 is 10.7 Å². The number of rotatable bonds is 5. The Kier molecular flexibility index (Phi) is 3.60. The van der Waals surface area contributed by atoms with Crippen LogP contribution in [0.2, 0.25) is 0 Å². The second kappa shape index (κ2) is 5.57. The summed E-state index contributed by atoms with van der Waals surface area (Å²) in [5.41, 5.74) is 1.03. The van der Waals surface area contributed by atoms with Crippen LogP contribution in [0.15, 0.2) is 29.1 Å². The van der Waals surface area contributed by atoms with E-state index >= 15 is 0 Å². The molecule has 3 aromatic rings. The first kappa shape index (κ1) is 14.2. The first-order valence-corrected chi connectivity index (χ1v) is 6.79. The molecule has 0 fully saturated rings. The largest absolute Gasteiger partial charge is 0.550 e. The van der Waals surface area contributed by atoms with E-state index in [2.05, 4.69) is 10.1 Å². The number of hydrogen-bond donors (Lipinski definition) is 1. The minimum Gasteiger partial charge on any atom is -0.550 e. The van der Waals surface area contributed by atoms with Crippen LogP contribution in [0.4, 0.5) is 0 Å². The van der Waals surface area contributed by atoms with Crippen LogP contribution in [0, 0.1) is 0 Å². The van der Waals surface area contributed by atoms with Gasteiger partial charge in [0, 0.05) is 18.9 Å². The van der Waals surface area contributed by atoms with E-state index in [9.17, 15) is 19.8 Å². The zero-order valence-electron chi connectivity index (χ0n) is 11.6. The van der Waals surface area contributed by atoms with Gasteiger partial charge in [-0.15, -0.1) is 0 Å². The SMILES string of the molecule is O=C([O-])CCc1nn2c3ccccc3n(CCO)c2nc1=O. The second-order valence-corrected chi connectivity index (χ2v) is 4.81. The van der Waals surface area contributed by atoms with Crippen molar-refractivity contribution in [3.8, 4) is 0 Å². The van der Waals surface area contributed by atoms with Crippen molar-refractivity contribution >= 4 is 22.8 Å². The molecule has 8 nitrogen and oxygen atoms in total. The van der Waals surface area contributed by atoms with Crippen molar-refractivity contribution in [2.75, 3.05) is 6.61 Å². The molecule has 0 aliphatic heterocycles. The van der Waals surface area contributed by atoms with Gasteiger partial charge in [0.15, 0.2) is 0 Å². The normalized spacial score (nSPS) is 11.3. The van der Waals surface area contributed by atoms with Crippen molar-refractivity contribution in [1.82, 2.24) is 19.2 Å². The maximum atomic E-state index is 12.0. The van der Waals surface area contributed by atoms with Gasteiger partial charge in [0.25, 0.3) is 5.56 Å². The fourth-order valence-electron chi connectivity index (χ4n) is 2.42. The molecule has 0 saturated heterocycles. The van der Waals surface area contributed by atoms with Gasteiger partial charge in [-0.3, -0.25) is 4.79 Å². The highest BCUT2D eigenvalue weighted by Crippen LogP contribution is 2.17. The van der Waals surface area contributed by atoms with Crippen LogP contribution in [-0.2, 0) is 17.8 Å². The smallest absolute Gasteiger partial charge is 0.296 e. The maximum Gasteiger partial charge on any atom is 0.296 e. The molecule has 2 aromatic heterocycles. The van der Waals surface area contributed by atoms with Crippen molar-refractivity contribution in [2.24, 2.45) is 0 Å². The van der Waals surface area contributed by atoms with Crippen molar-refractivity contribution in [3.05, 3.63) is 40.3 Å². The lowest BCUT2D eigenvalue weighted by molar-refractivity contribution is -0.305. The summed E-state index contributed by atoms with van der Waals surface area (Å²) in [6.07, 6.45) is -0.318. The fourth-order valence-corrected chi connectivity index (χ4v) is 2.42. The predicted octanol–water partition coefficient (Wildman–Crippen LogP) is -1.28. The third-order valence-electron chi connectivity index (χ3n) is 3.39. The summed E-state index contributed by atoms with van der Waals surface area (Å²) in [6.45, 7) is 0.181. The number of aliphatic carboxylic acids is 1. The molecule has 3 rings (SSSR count). The number of carboxylic acid groups (broad SMARTS) is 1. The molecule has 0 saturated carbocycles. The maximum absolute atomic E-state index is 12.0. The minimum atomic E-state index is -1.24. The van der Waals surface area contributed by atoms with Crippen molar-refractivity contribution in [2.45, 2.75) is 19.4 Å². The Bertz CT molecular complexity index is 912. The fraction of sp³-hybridized carbons (Fsp3) is 0.286. The second-order valence-electron chi connectivity index (χ2n) is 4.81. The Balaban J connectivity index is 2.25. The first-order chi connectivity index (χ1) is 10.6.